The molecule has 2 N–H and O–H groups in total. The molecule has 1 aromatic heterocycles. The molecule has 0 fully saturated rings. The smallest absolute Gasteiger partial charge is 0.322 e. The molecule has 184 valence electrons. The van der Waals surface area contributed by atoms with Crippen molar-refractivity contribution in [3.8, 4) is 0 Å². The first-order valence-electron chi connectivity index (χ1n) is 9.58. The van der Waals surface area contributed by atoms with Gasteiger partial charge < -0.3 is 10.6 Å². The van der Waals surface area contributed by atoms with Gasteiger partial charge in [0.1, 0.15) is 5.15 Å². The first-order valence-corrected chi connectivity index (χ1v) is 10.4. The number of halogens is 7. The number of carbonyl (C=O) groups excluding carboxylic acids is 2. The standard InChI is InChI=1S/C22H14ClF6N3O2S/c23-18-14(5-2-6-30-18)20(34)31-13-4-1-3-12(9-13)19(33)32-17-15(22(27,28)29)7-11(8-16(17)35)10-21(24,25)26/h1-9,35H,10H2,(H,31,34)(H,32,33). The lowest BCUT2D eigenvalue weighted by molar-refractivity contribution is -0.138. The molecule has 0 spiro atoms. The molecule has 0 bridgehead atoms. The van der Waals surface area contributed by atoms with Gasteiger partial charge in [-0.15, -0.1) is 12.6 Å². The molecule has 0 atom stereocenters. The SMILES string of the molecule is O=C(Nc1c(S)cc(CC(F)(F)F)cc1C(F)(F)F)c1cccc(NC(=O)c2cccnc2Cl)c1. The summed E-state index contributed by atoms with van der Waals surface area (Å²) < 4.78 is 78.7. The predicted molar refractivity (Wildman–Crippen MR) is 120 cm³/mol. The molecule has 1 heterocycles. The summed E-state index contributed by atoms with van der Waals surface area (Å²) in [7, 11) is 0. The fraction of sp³-hybridized carbons (Fsp3) is 0.136. The Balaban J connectivity index is 1.87. The molecule has 0 aliphatic carbocycles. The Morgan fingerprint density at radius 2 is 1.66 bits per heavy atom. The van der Waals surface area contributed by atoms with Gasteiger partial charge in [0.15, 0.2) is 0 Å². The summed E-state index contributed by atoms with van der Waals surface area (Å²) in [5.74, 6) is -1.65. The van der Waals surface area contributed by atoms with Gasteiger partial charge in [-0.3, -0.25) is 9.59 Å². The van der Waals surface area contributed by atoms with Crippen molar-refractivity contribution in [1.29, 1.82) is 0 Å². The molecular weight excluding hydrogens is 520 g/mol. The molecule has 3 aromatic rings. The van der Waals surface area contributed by atoms with Crippen molar-refractivity contribution in [2.24, 2.45) is 0 Å². The maximum Gasteiger partial charge on any atom is 0.418 e. The molecule has 0 saturated heterocycles. The molecule has 13 heteroatoms. The molecule has 0 unspecified atom stereocenters. The van der Waals surface area contributed by atoms with Crippen molar-refractivity contribution in [2.75, 3.05) is 10.6 Å². The van der Waals surface area contributed by atoms with Crippen LogP contribution in [0.25, 0.3) is 0 Å². The predicted octanol–water partition coefficient (Wildman–Crippen LogP) is 6.65. The second-order valence-electron chi connectivity index (χ2n) is 7.16. The monoisotopic (exact) mass is 533 g/mol. The maximum absolute atomic E-state index is 13.6. The van der Waals surface area contributed by atoms with E-state index in [9.17, 15) is 35.9 Å². The number of benzene rings is 2. The van der Waals surface area contributed by atoms with Crippen LogP contribution in [-0.2, 0) is 12.6 Å². The number of pyridine rings is 1. The van der Waals surface area contributed by atoms with Crippen LogP contribution in [0.4, 0.5) is 37.7 Å². The van der Waals surface area contributed by atoms with Crippen LogP contribution in [0.2, 0.25) is 5.15 Å². The van der Waals surface area contributed by atoms with E-state index in [0.29, 0.717) is 6.07 Å². The first kappa shape index (κ1) is 26.4. The van der Waals surface area contributed by atoms with Crippen molar-refractivity contribution in [3.05, 3.63) is 82.1 Å². The van der Waals surface area contributed by atoms with Gasteiger partial charge in [0, 0.05) is 22.3 Å². The van der Waals surface area contributed by atoms with Crippen LogP contribution >= 0.6 is 24.2 Å². The van der Waals surface area contributed by atoms with E-state index in [2.05, 4.69) is 28.2 Å². The van der Waals surface area contributed by atoms with E-state index in [1.54, 1.807) is 0 Å². The molecule has 0 aliphatic heterocycles. The summed E-state index contributed by atoms with van der Waals surface area (Å²) in [6, 6.07) is 9.28. The minimum Gasteiger partial charge on any atom is -0.322 e. The third kappa shape index (κ3) is 6.89. The molecule has 35 heavy (non-hydrogen) atoms. The Kier molecular flexibility index (Phi) is 7.65. The van der Waals surface area contributed by atoms with Crippen LogP contribution in [0, 0.1) is 0 Å². The van der Waals surface area contributed by atoms with Gasteiger partial charge in [-0.1, -0.05) is 17.7 Å². The van der Waals surface area contributed by atoms with E-state index in [1.807, 2.05) is 0 Å². The second-order valence-corrected chi connectivity index (χ2v) is 8.00. The van der Waals surface area contributed by atoms with Gasteiger partial charge in [-0.2, -0.15) is 26.3 Å². The number of nitrogens with zero attached hydrogens (tertiary/aromatic N) is 1. The Labute approximate surface area is 204 Å². The summed E-state index contributed by atoms with van der Waals surface area (Å²) in [6.45, 7) is 0. The summed E-state index contributed by atoms with van der Waals surface area (Å²) in [6.07, 6.45) is -10.0. The fourth-order valence-corrected chi connectivity index (χ4v) is 3.60. The summed E-state index contributed by atoms with van der Waals surface area (Å²) in [5.41, 5.74) is -2.89. The number of aromatic nitrogens is 1. The van der Waals surface area contributed by atoms with E-state index in [4.69, 9.17) is 11.6 Å². The van der Waals surface area contributed by atoms with Crippen molar-refractivity contribution >= 4 is 47.4 Å². The summed E-state index contributed by atoms with van der Waals surface area (Å²) in [5, 5.41) is 4.48. The number of thiol groups is 1. The fourth-order valence-electron chi connectivity index (χ4n) is 3.05. The van der Waals surface area contributed by atoms with Crippen molar-refractivity contribution in [1.82, 2.24) is 4.98 Å². The highest BCUT2D eigenvalue weighted by Gasteiger charge is 2.37. The largest absolute Gasteiger partial charge is 0.418 e. The lowest BCUT2D eigenvalue weighted by atomic mass is 10.0. The van der Waals surface area contributed by atoms with Gasteiger partial charge in [0.25, 0.3) is 11.8 Å². The molecule has 2 amide bonds. The Morgan fingerprint density at radius 1 is 0.943 bits per heavy atom. The molecule has 2 aromatic carbocycles. The highest BCUT2D eigenvalue weighted by atomic mass is 35.5. The number of rotatable bonds is 5. The minimum atomic E-state index is -5.07. The maximum atomic E-state index is 13.6. The molecule has 0 aliphatic rings. The van der Waals surface area contributed by atoms with Gasteiger partial charge in [0.05, 0.1) is 23.2 Å². The van der Waals surface area contributed by atoms with E-state index < -0.39 is 52.3 Å². The quantitative estimate of drug-likeness (QED) is 0.195. The average molecular weight is 534 g/mol. The number of hydrogen-bond donors (Lipinski definition) is 3. The van der Waals surface area contributed by atoms with Crippen LogP contribution < -0.4 is 10.6 Å². The van der Waals surface area contributed by atoms with Crippen molar-refractivity contribution in [3.63, 3.8) is 0 Å². The third-order valence-corrected chi connectivity index (χ3v) is 5.17. The van der Waals surface area contributed by atoms with E-state index >= 15 is 0 Å². The minimum absolute atomic E-state index is 0.0532. The lowest BCUT2D eigenvalue weighted by Crippen LogP contribution is -2.19. The number of carbonyl (C=O) groups is 2. The summed E-state index contributed by atoms with van der Waals surface area (Å²) in [4.78, 5) is 28.3. The number of alkyl halides is 6. The molecule has 0 radical (unpaired) electrons. The number of hydrogen-bond acceptors (Lipinski definition) is 4. The van der Waals surface area contributed by atoms with Crippen molar-refractivity contribution in [2.45, 2.75) is 23.7 Å². The number of nitrogens with one attached hydrogen (secondary N) is 2. The molecule has 0 saturated carbocycles. The highest BCUT2D eigenvalue weighted by Crippen LogP contribution is 2.40. The Hall–Kier alpha value is -3.25. The zero-order chi connectivity index (χ0) is 26.0. The van der Waals surface area contributed by atoms with Crippen LogP contribution in [-0.4, -0.2) is 23.0 Å². The topological polar surface area (TPSA) is 71.1 Å². The second kappa shape index (κ2) is 10.2. The highest BCUT2D eigenvalue weighted by molar-refractivity contribution is 7.80. The molecule has 3 rings (SSSR count). The average Bonchev–Trinajstić information content (AvgIpc) is 2.74. The third-order valence-electron chi connectivity index (χ3n) is 4.51. The Morgan fingerprint density at radius 3 is 2.29 bits per heavy atom. The zero-order valence-electron chi connectivity index (χ0n) is 17.3. The zero-order valence-corrected chi connectivity index (χ0v) is 18.9. The number of anilines is 2. The first-order chi connectivity index (χ1) is 16.2. The van der Waals surface area contributed by atoms with Gasteiger partial charge in [-0.25, -0.2) is 4.98 Å². The normalized spacial score (nSPS) is 11.8. The Bertz CT molecular complexity index is 1280. The van der Waals surface area contributed by atoms with Crippen molar-refractivity contribution < 1.29 is 35.9 Å². The molecular formula is C22H14ClF6N3O2S. The number of amides is 2. The lowest BCUT2D eigenvalue weighted by Gasteiger charge is -2.18. The van der Waals surface area contributed by atoms with Crippen LogP contribution in [0.5, 0.6) is 0 Å². The van der Waals surface area contributed by atoms with Crippen LogP contribution in [0.3, 0.4) is 0 Å². The van der Waals surface area contributed by atoms with E-state index in [-0.39, 0.29) is 22.0 Å². The summed E-state index contributed by atoms with van der Waals surface area (Å²) >= 11 is 9.74. The van der Waals surface area contributed by atoms with Gasteiger partial charge in [0.2, 0.25) is 0 Å². The van der Waals surface area contributed by atoms with Gasteiger partial charge >= 0.3 is 12.4 Å². The molecule has 5 nitrogen and oxygen atoms in total. The van der Waals surface area contributed by atoms with Crippen LogP contribution in [0.1, 0.15) is 31.8 Å². The van der Waals surface area contributed by atoms with Gasteiger partial charge in [-0.05, 0) is 48.0 Å². The van der Waals surface area contributed by atoms with E-state index in [0.717, 1.165) is 6.07 Å². The van der Waals surface area contributed by atoms with Crippen LogP contribution in [0.15, 0.2) is 59.6 Å². The van der Waals surface area contributed by atoms with E-state index in [1.165, 1.54) is 42.6 Å².